The van der Waals surface area contributed by atoms with E-state index in [4.69, 9.17) is 29.4 Å². The monoisotopic (exact) mass is 784 g/mol. The van der Waals surface area contributed by atoms with Crippen LogP contribution in [-0.2, 0) is 22.6 Å². The highest BCUT2D eigenvalue weighted by Gasteiger charge is 2.20. The summed E-state index contributed by atoms with van der Waals surface area (Å²) in [6, 6.07) is 31.7. The van der Waals surface area contributed by atoms with Gasteiger partial charge in [-0.2, -0.15) is 10.5 Å². The zero-order valence-corrected chi connectivity index (χ0v) is 34.0. The van der Waals surface area contributed by atoms with Crippen molar-refractivity contribution < 1.29 is 28.5 Å². The molecular formula is C46H52N6O6. The number of fused-ring (bicyclic) bond motifs is 2. The van der Waals surface area contributed by atoms with Gasteiger partial charge in [0.05, 0.1) is 54.3 Å². The van der Waals surface area contributed by atoms with Crippen LogP contribution in [0.1, 0.15) is 44.7 Å². The number of hydrogen-bond acceptors (Lipinski definition) is 9. The van der Waals surface area contributed by atoms with Crippen molar-refractivity contribution in [2.24, 2.45) is 5.73 Å². The fraction of sp³-hybridized carbons (Fsp3) is 0.326. The summed E-state index contributed by atoms with van der Waals surface area (Å²) < 4.78 is 31.1. The molecule has 6 aromatic rings. The van der Waals surface area contributed by atoms with Crippen LogP contribution in [0, 0.1) is 22.7 Å². The molecule has 0 aliphatic carbocycles. The molecule has 0 spiro atoms. The van der Waals surface area contributed by atoms with Crippen molar-refractivity contribution in [3.8, 4) is 57.7 Å². The number of nitriles is 2. The Hall–Kier alpha value is -6.47. The van der Waals surface area contributed by atoms with E-state index in [1.165, 1.54) is 19.8 Å². The molecule has 302 valence electrons. The first-order valence-electron chi connectivity index (χ1n) is 19.5. The van der Waals surface area contributed by atoms with Crippen molar-refractivity contribution in [2.45, 2.75) is 46.7 Å². The van der Waals surface area contributed by atoms with Gasteiger partial charge < -0.3 is 43.9 Å². The quantitative estimate of drug-likeness (QED) is 0.111. The van der Waals surface area contributed by atoms with Crippen molar-refractivity contribution in [1.29, 1.82) is 10.5 Å². The molecule has 1 saturated heterocycles. The maximum absolute atomic E-state index is 10.9. The van der Waals surface area contributed by atoms with E-state index in [0.717, 1.165) is 87.9 Å². The molecule has 4 aromatic carbocycles. The second kappa shape index (κ2) is 21.2. The Morgan fingerprint density at radius 1 is 0.707 bits per heavy atom. The molecule has 0 bridgehead atoms. The minimum Gasteiger partial charge on any atom is -0.497 e. The SMILES string of the molecule is C1CCOC1.CCn1c(-c2ccc(OCCN)cc2)c(C#N)c2ccc(OC)cc21.CCn1c(-c2ccc(OCCNC(C)=O)cc2)c(C#N)c2ccc(OC)cc21. The molecule has 1 aliphatic heterocycles. The Labute approximate surface area is 340 Å². The maximum atomic E-state index is 10.9. The highest BCUT2D eigenvalue weighted by molar-refractivity contribution is 5.96. The molecule has 1 amide bonds. The van der Waals surface area contributed by atoms with Gasteiger partial charge in [-0.05, 0) is 111 Å². The summed E-state index contributed by atoms with van der Waals surface area (Å²) in [6.45, 7) is 10.9. The Bertz CT molecular complexity index is 2360. The first-order valence-corrected chi connectivity index (χ1v) is 19.5. The van der Waals surface area contributed by atoms with Crippen LogP contribution in [0.2, 0.25) is 0 Å². The first-order chi connectivity index (χ1) is 28.3. The number of ether oxygens (including phenoxy) is 5. The minimum absolute atomic E-state index is 0.0768. The molecule has 3 heterocycles. The van der Waals surface area contributed by atoms with Crippen molar-refractivity contribution in [3.63, 3.8) is 0 Å². The third-order valence-electron chi connectivity index (χ3n) is 9.61. The molecular weight excluding hydrogens is 733 g/mol. The van der Waals surface area contributed by atoms with Gasteiger partial charge >= 0.3 is 0 Å². The highest BCUT2D eigenvalue weighted by Crippen LogP contribution is 2.37. The summed E-state index contributed by atoms with van der Waals surface area (Å²) in [6.07, 6.45) is 2.56. The number of aromatic nitrogens is 2. The Morgan fingerprint density at radius 2 is 1.14 bits per heavy atom. The number of benzene rings is 4. The molecule has 58 heavy (non-hydrogen) atoms. The fourth-order valence-corrected chi connectivity index (χ4v) is 6.90. The molecule has 3 N–H and O–H groups in total. The van der Waals surface area contributed by atoms with Gasteiger partial charge in [0.15, 0.2) is 0 Å². The summed E-state index contributed by atoms with van der Waals surface area (Å²) in [5, 5.41) is 24.1. The first kappa shape index (κ1) is 42.7. The van der Waals surface area contributed by atoms with Crippen LogP contribution >= 0.6 is 0 Å². The van der Waals surface area contributed by atoms with E-state index >= 15 is 0 Å². The van der Waals surface area contributed by atoms with Gasteiger partial charge in [-0.15, -0.1) is 0 Å². The number of nitrogens with one attached hydrogen (secondary N) is 1. The van der Waals surface area contributed by atoms with Gasteiger partial charge in [-0.25, -0.2) is 0 Å². The predicted octanol–water partition coefficient (Wildman–Crippen LogP) is 8.07. The zero-order chi connectivity index (χ0) is 41.4. The third-order valence-corrected chi connectivity index (χ3v) is 9.61. The Balaban J connectivity index is 0.000000198. The molecule has 1 aliphatic rings. The molecule has 0 atom stereocenters. The van der Waals surface area contributed by atoms with Crippen LogP contribution in [-0.4, -0.2) is 68.8 Å². The van der Waals surface area contributed by atoms with Crippen LogP contribution in [0.5, 0.6) is 23.0 Å². The lowest BCUT2D eigenvalue weighted by atomic mass is 10.1. The lowest BCUT2D eigenvalue weighted by Crippen LogP contribution is -2.25. The number of hydrogen-bond donors (Lipinski definition) is 2. The number of nitrogens with two attached hydrogens (primary N) is 1. The van der Waals surface area contributed by atoms with Crippen LogP contribution in [0.25, 0.3) is 44.3 Å². The summed E-state index contributed by atoms with van der Waals surface area (Å²) in [5.74, 6) is 2.95. The number of carbonyl (C=O) groups is 1. The molecule has 0 radical (unpaired) electrons. The van der Waals surface area contributed by atoms with Gasteiger partial charge in [-0.1, -0.05) is 0 Å². The number of rotatable bonds is 13. The lowest BCUT2D eigenvalue weighted by molar-refractivity contribution is -0.119. The molecule has 12 nitrogen and oxygen atoms in total. The lowest BCUT2D eigenvalue weighted by Gasteiger charge is -2.11. The number of methoxy groups -OCH3 is 2. The van der Waals surface area contributed by atoms with Gasteiger partial charge in [0.2, 0.25) is 5.91 Å². The molecule has 12 heteroatoms. The molecule has 2 aromatic heterocycles. The van der Waals surface area contributed by atoms with E-state index in [2.05, 4.69) is 40.4 Å². The van der Waals surface area contributed by atoms with E-state index in [0.29, 0.717) is 43.2 Å². The topological polar surface area (TPSA) is 159 Å². The largest absolute Gasteiger partial charge is 0.497 e. The molecule has 7 rings (SSSR count). The number of aryl methyl sites for hydroxylation is 2. The zero-order valence-electron chi connectivity index (χ0n) is 34.0. The van der Waals surface area contributed by atoms with E-state index in [9.17, 15) is 15.3 Å². The predicted molar refractivity (Wildman–Crippen MR) is 227 cm³/mol. The molecule has 0 unspecified atom stereocenters. The van der Waals surface area contributed by atoms with Crippen molar-refractivity contribution in [1.82, 2.24) is 14.5 Å². The average molecular weight is 785 g/mol. The third kappa shape index (κ3) is 10.1. The molecule has 1 fully saturated rings. The fourth-order valence-electron chi connectivity index (χ4n) is 6.90. The van der Waals surface area contributed by atoms with Gasteiger partial charge in [0.25, 0.3) is 0 Å². The molecule has 0 saturated carbocycles. The van der Waals surface area contributed by atoms with Gasteiger partial charge in [0, 0.05) is 62.7 Å². The standard InChI is InChI=1S/C22H23N3O3.C20H21N3O2.C4H8O/c1-4-25-21-13-18(27-3)9-10-19(21)20(14-23)22(25)16-5-7-17(8-6-16)28-12-11-24-15(2)26;1-3-23-19-12-16(24-2)8-9-17(19)18(13-22)20(23)14-4-6-15(7-5-14)25-11-10-21;1-2-4-5-3-1/h5-10,13H,4,11-12H2,1-3H3,(H,24,26);4-9,12H,3,10-11,21H2,1-2H3;1-4H2. The van der Waals surface area contributed by atoms with Crippen molar-refractivity contribution in [3.05, 3.63) is 96.1 Å². The van der Waals surface area contributed by atoms with E-state index < -0.39 is 0 Å². The number of carbonyl (C=O) groups excluding carboxylic acids is 1. The van der Waals surface area contributed by atoms with Crippen LogP contribution in [0.4, 0.5) is 0 Å². The second-order valence-corrected chi connectivity index (χ2v) is 13.3. The highest BCUT2D eigenvalue weighted by atomic mass is 16.5. The normalized spacial score (nSPS) is 11.7. The summed E-state index contributed by atoms with van der Waals surface area (Å²) in [7, 11) is 3.28. The van der Waals surface area contributed by atoms with E-state index in [1.54, 1.807) is 14.2 Å². The smallest absolute Gasteiger partial charge is 0.216 e. The van der Waals surface area contributed by atoms with E-state index in [-0.39, 0.29) is 5.91 Å². The summed E-state index contributed by atoms with van der Waals surface area (Å²) in [5.41, 5.74) is 12.5. The van der Waals surface area contributed by atoms with Gasteiger partial charge in [0.1, 0.15) is 48.4 Å². The van der Waals surface area contributed by atoms with Crippen LogP contribution in [0.3, 0.4) is 0 Å². The van der Waals surface area contributed by atoms with Crippen molar-refractivity contribution in [2.75, 3.05) is 53.7 Å². The Kier molecular flexibility index (Phi) is 15.6. The summed E-state index contributed by atoms with van der Waals surface area (Å²) >= 11 is 0. The number of amides is 1. The second-order valence-electron chi connectivity index (χ2n) is 13.3. The van der Waals surface area contributed by atoms with E-state index in [1.807, 2.05) is 84.9 Å². The Morgan fingerprint density at radius 3 is 1.48 bits per heavy atom. The van der Waals surface area contributed by atoms with Crippen molar-refractivity contribution >= 4 is 27.7 Å². The minimum atomic E-state index is -0.0768. The van der Waals surface area contributed by atoms with Gasteiger partial charge in [-0.3, -0.25) is 4.79 Å². The maximum Gasteiger partial charge on any atom is 0.216 e. The summed E-state index contributed by atoms with van der Waals surface area (Å²) in [4.78, 5) is 10.9. The van der Waals surface area contributed by atoms with Crippen LogP contribution in [0.15, 0.2) is 84.9 Å². The number of nitrogens with zero attached hydrogens (tertiary/aromatic N) is 4. The van der Waals surface area contributed by atoms with Crippen LogP contribution < -0.4 is 30.0 Å². The average Bonchev–Trinajstić information content (AvgIpc) is 4.02.